The fourth-order valence-electron chi connectivity index (χ4n) is 3.49. The van der Waals surface area contributed by atoms with Crippen LogP contribution in [0.5, 0.6) is 0 Å². The van der Waals surface area contributed by atoms with Crippen LogP contribution in [-0.4, -0.2) is 60.1 Å². The molecule has 0 aromatic rings. The Morgan fingerprint density at radius 3 is 1.63 bits per heavy atom. The number of carbonyl (C=O) groups is 3. The van der Waals surface area contributed by atoms with E-state index in [1.54, 1.807) is 34.6 Å². The number of rotatable bonds is 16. The number of ether oxygens (including phenoxy) is 5. The Bertz CT molecular complexity index is 792. The van der Waals surface area contributed by atoms with Gasteiger partial charge in [0.2, 0.25) is 0 Å². The molecule has 2 unspecified atom stereocenters. The first kappa shape index (κ1) is 36.3. The molecule has 0 aliphatic heterocycles. The third kappa shape index (κ3) is 10.8. The zero-order chi connectivity index (χ0) is 30.3. The van der Waals surface area contributed by atoms with Gasteiger partial charge in [-0.25, -0.2) is 4.79 Å². The first-order valence-electron chi connectivity index (χ1n) is 13.8. The van der Waals surface area contributed by atoms with Crippen LogP contribution in [0.15, 0.2) is 0 Å². The summed E-state index contributed by atoms with van der Waals surface area (Å²) in [5.74, 6) is -1.18. The van der Waals surface area contributed by atoms with Crippen molar-refractivity contribution in [2.75, 3.05) is 13.2 Å². The molecule has 0 heterocycles. The second-order valence-electron chi connectivity index (χ2n) is 13.5. The van der Waals surface area contributed by atoms with Crippen molar-refractivity contribution in [3.8, 4) is 0 Å². The van der Waals surface area contributed by atoms with Crippen LogP contribution in [0, 0.1) is 16.7 Å². The largest absolute Gasteiger partial charge is 0.463 e. The molecule has 0 rings (SSSR count). The van der Waals surface area contributed by atoms with E-state index in [1.165, 1.54) is 0 Å². The summed E-state index contributed by atoms with van der Waals surface area (Å²) in [4.78, 5) is 37.4. The highest BCUT2D eigenvalue weighted by Gasteiger charge is 2.46. The maximum atomic E-state index is 13.0. The van der Waals surface area contributed by atoms with Gasteiger partial charge in [0.25, 0.3) is 0 Å². The van der Waals surface area contributed by atoms with E-state index in [2.05, 4.69) is 0 Å². The smallest absolute Gasteiger partial charge is 0.332 e. The summed E-state index contributed by atoms with van der Waals surface area (Å²) in [6, 6.07) is 0. The molecule has 0 N–H and O–H groups in total. The molecule has 0 bridgehead atoms. The van der Waals surface area contributed by atoms with Crippen LogP contribution in [0.25, 0.3) is 0 Å². The summed E-state index contributed by atoms with van der Waals surface area (Å²) >= 11 is 0. The maximum Gasteiger partial charge on any atom is 0.332 e. The minimum atomic E-state index is -0.942. The van der Waals surface area contributed by atoms with Crippen LogP contribution in [0.4, 0.5) is 0 Å². The molecule has 0 amide bonds. The monoisotopic (exact) mass is 544 g/mol. The molecule has 0 spiro atoms. The van der Waals surface area contributed by atoms with E-state index >= 15 is 0 Å². The van der Waals surface area contributed by atoms with Crippen molar-refractivity contribution in [2.45, 2.75) is 146 Å². The van der Waals surface area contributed by atoms with Crippen molar-refractivity contribution in [1.29, 1.82) is 0 Å². The quantitative estimate of drug-likeness (QED) is 0.166. The van der Waals surface area contributed by atoms with Gasteiger partial charge in [0, 0.05) is 23.2 Å². The van der Waals surface area contributed by atoms with Gasteiger partial charge < -0.3 is 23.7 Å². The highest BCUT2D eigenvalue weighted by Crippen LogP contribution is 2.40. The van der Waals surface area contributed by atoms with E-state index in [0.717, 1.165) is 0 Å². The fraction of sp³-hybridized carbons (Fsp3) is 0.900. The van der Waals surface area contributed by atoms with E-state index in [-0.39, 0.29) is 50.2 Å². The Morgan fingerprint density at radius 1 is 0.684 bits per heavy atom. The van der Waals surface area contributed by atoms with Gasteiger partial charge in [-0.1, -0.05) is 41.5 Å². The Balaban J connectivity index is 5.06. The Kier molecular flexibility index (Phi) is 13.0. The summed E-state index contributed by atoms with van der Waals surface area (Å²) in [5.41, 5.74) is -3.75. The zero-order valence-electron chi connectivity index (χ0n) is 26.8. The first-order chi connectivity index (χ1) is 16.9. The van der Waals surface area contributed by atoms with Gasteiger partial charge in [-0.15, -0.1) is 0 Å². The predicted molar refractivity (Wildman–Crippen MR) is 149 cm³/mol. The van der Waals surface area contributed by atoms with Crippen molar-refractivity contribution in [1.82, 2.24) is 0 Å². The minimum Gasteiger partial charge on any atom is -0.463 e. The molecule has 0 radical (unpaired) electrons. The van der Waals surface area contributed by atoms with Crippen LogP contribution in [0.2, 0.25) is 0 Å². The minimum absolute atomic E-state index is 0.0373. The second kappa shape index (κ2) is 13.6. The Hall–Kier alpha value is -1.67. The van der Waals surface area contributed by atoms with Gasteiger partial charge >= 0.3 is 17.9 Å². The van der Waals surface area contributed by atoms with Gasteiger partial charge in [-0.05, 0) is 62.3 Å². The zero-order valence-corrected chi connectivity index (χ0v) is 26.8. The molecule has 8 heteroatoms. The summed E-state index contributed by atoms with van der Waals surface area (Å²) in [7, 11) is 0. The number of hydrogen-bond donors (Lipinski definition) is 0. The maximum absolute atomic E-state index is 13.0. The predicted octanol–water partition coefficient (Wildman–Crippen LogP) is 6.27. The third-order valence-corrected chi connectivity index (χ3v) is 8.32. The summed E-state index contributed by atoms with van der Waals surface area (Å²) in [6.45, 7) is 28.1. The third-order valence-electron chi connectivity index (χ3n) is 8.32. The molecule has 0 fully saturated rings. The number of hydrogen-bond acceptors (Lipinski definition) is 8. The molecule has 0 aliphatic carbocycles. The van der Waals surface area contributed by atoms with E-state index in [1.807, 2.05) is 69.2 Å². The van der Waals surface area contributed by atoms with Crippen LogP contribution in [0.1, 0.15) is 117 Å². The molecule has 0 aromatic carbocycles. The lowest BCUT2D eigenvalue weighted by Crippen LogP contribution is -2.49. The molecular formula is C30H56O8. The standard InChI is InChI=1S/C30H56O8/c1-16-23(31)37-29(12,13)26(6,7)17-24(32)38-30(14,15)27(8,9)19-34-25(33)18-35-28(10,11)21(4)22(5)36-20(2)3/h20-22H,16-19H2,1-15H3. The summed E-state index contributed by atoms with van der Waals surface area (Å²) in [6.07, 6.45) is 0.377. The van der Waals surface area contributed by atoms with E-state index < -0.39 is 39.6 Å². The highest BCUT2D eigenvalue weighted by molar-refractivity contribution is 5.72. The molecule has 8 nitrogen and oxygen atoms in total. The Labute approximate surface area is 231 Å². The van der Waals surface area contributed by atoms with Crippen molar-refractivity contribution in [2.24, 2.45) is 16.7 Å². The highest BCUT2D eigenvalue weighted by atomic mass is 16.6. The van der Waals surface area contributed by atoms with Crippen LogP contribution < -0.4 is 0 Å². The van der Waals surface area contributed by atoms with Gasteiger partial charge in [0.15, 0.2) is 0 Å². The topological polar surface area (TPSA) is 97.4 Å². The van der Waals surface area contributed by atoms with Crippen molar-refractivity contribution < 1.29 is 38.1 Å². The van der Waals surface area contributed by atoms with Crippen LogP contribution >= 0.6 is 0 Å². The van der Waals surface area contributed by atoms with Crippen molar-refractivity contribution in [3.05, 3.63) is 0 Å². The fourth-order valence-corrected chi connectivity index (χ4v) is 3.49. The lowest BCUT2D eigenvalue weighted by molar-refractivity contribution is -0.188. The SMILES string of the molecule is CCC(=O)OC(C)(C)C(C)(C)CC(=O)OC(C)(C)C(C)(C)COC(=O)COC(C)(C)C(C)C(C)OC(C)C. The van der Waals surface area contributed by atoms with Gasteiger partial charge in [-0.3, -0.25) is 9.59 Å². The molecule has 38 heavy (non-hydrogen) atoms. The normalized spacial score (nSPS) is 15.2. The van der Waals surface area contributed by atoms with E-state index in [0.29, 0.717) is 0 Å². The van der Waals surface area contributed by atoms with Crippen molar-refractivity contribution >= 4 is 17.9 Å². The number of carbonyl (C=O) groups excluding carboxylic acids is 3. The van der Waals surface area contributed by atoms with Gasteiger partial charge in [-0.2, -0.15) is 0 Å². The van der Waals surface area contributed by atoms with Crippen molar-refractivity contribution in [3.63, 3.8) is 0 Å². The number of esters is 3. The summed E-state index contributed by atoms with van der Waals surface area (Å²) in [5, 5.41) is 0. The molecule has 0 aromatic heterocycles. The van der Waals surface area contributed by atoms with E-state index in [4.69, 9.17) is 23.7 Å². The lowest BCUT2D eigenvalue weighted by atomic mass is 9.74. The molecular weight excluding hydrogens is 488 g/mol. The molecule has 224 valence electrons. The summed E-state index contributed by atoms with van der Waals surface area (Å²) < 4.78 is 28.8. The molecule has 0 saturated heterocycles. The molecule has 2 atom stereocenters. The second-order valence-corrected chi connectivity index (χ2v) is 13.5. The Morgan fingerprint density at radius 2 is 1.16 bits per heavy atom. The van der Waals surface area contributed by atoms with Crippen LogP contribution in [-0.2, 0) is 38.1 Å². The lowest BCUT2D eigenvalue weighted by Gasteiger charge is -2.43. The van der Waals surface area contributed by atoms with Gasteiger partial charge in [0.05, 0.1) is 24.2 Å². The molecule has 0 aliphatic rings. The average Bonchev–Trinajstić information content (AvgIpc) is 2.73. The van der Waals surface area contributed by atoms with Crippen LogP contribution in [0.3, 0.4) is 0 Å². The first-order valence-corrected chi connectivity index (χ1v) is 13.8. The average molecular weight is 545 g/mol. The molecule has 0 saturated carbocycles. The van der Waals surface area contributed by atoms with Gasteiger partial charge in [0.1, 0.15) is 24.4 Å². The van der Waals surface area contributed by atoms with E-state index in [9.17, 15) is 14.4 Å².